The highest BCUT2D eigenvalue weighted by atomic mass is 35.5. The summed E-state index contributed by atoms with van der Waals surface area (Å²) >= 11 is 14.4. The maximum Gasteiger partial charge on any atom is 0.266 e. The van der Waals surface area contributed by atoms with Crippen LogP contribution in [0, 0.1) is 0 Å². The molecule has 1 aliphatic rings. The van der Waals surface area contributed by atoms with E-state index in [1.54, 1.807) is 28.0 Å². The van der Waals surface area contributed by atoms with Crippen molar-refractivity contribution < 1.29 is 4.74 Å². The molecule has 5 aromatic rings. The molecule has 0 unspecified atom stereocenters. The summed E-state index contributed by atoms with van der Waals surface area (Å²) in [5, 5.41) is 2.83. The second-order valence-electron chi connectivity index (χ2n) is 8.48. The third-order valence-electron chi connectivity index (χ3n) is 6.26. The van der Waals surface area contributed by atoms with Crippen LogP contribution in [0.1, 0.15) is 0 Å². The number of ether oxygens (including phenoxy) is 1. The molecule has 0 aliphatic carbocycles. The zero-order chi connectivity index (χ0) is 24.6. The number of rotatable bonds is 4. The topological polar surface area (TPSA) is 47.4 Å². The van der Waals surface area contributed by atoms with E-state index < -0.39 is 0 Å². The van der Waals surface area contributed by atoms with Gasteiger partial charge < -0.3 is 9.64 Å². The number of fused-ring (bicyclic) bond motifs is 1. The third-order valence-corrected chi connectivity index (χ3v) is 8.02. The van der Waals surface area contributed by atoms with Crippen LogP contribution >= 0.6 is 34.5 Å². The van der Waals surface area contributed by atoms with E-state index in [1.807, 2.05) is 60.7 Å². The lowest BCUT2D eigenvalue weighted by Gasteiger charge is -2.28. The molecule has 0 bridgehead atoms. The normalized spacial score (nSPS) is 13.9. The Kier molecular flexibility index (Phi) is 6.27. The average molecular weight is 534 g/mol. The Morgan fingerprint density at radius 2 is 1.61 bits per heavy atom. The first-order valence-corrected chi connectivity index (χ1v) is 13.2. The molecule has 5 nitrogen and oxygen atoms in total. The van der Waals surface area contributed by atoms with Gasteiger partial charge in [0.2, 0.25) is 0 Å². The van der Waals surface area contributed by atoms with Gasteiger partial charge in [-0.2, -0.15) is 0 Å². The lowest BCUT2D eigenvalue weighted by Crippen LogP contribution is -2.35. The monoisotopic (exact) mass is 533 g/mol. The summed E-state index contributed by atoms with van der Waals surface area (Å²) in [6.07, 6.45) is 0. The van der Waals surface area contributed by atoms with Crippen LogP contribution in [0.4, 0.5) is 5.00 Å². The zero-order valence-corrected chi connectivity index (χ0v) is 21.5. The van der Waals surface area contributed by atoms with Gasteiger partial charge in [-0.1, -0.05) is 59.6 Å². The van der Waals surface area contributed by atoms with Gasteiger partial charge >= 0.3 is 0 Å². The maximum atomic E-state index is 13.8. The Labute approximate surface area is 222 Å². The van der Waals surface area contributed by atoms with Gasteiger partial charge in [0.25, 0.3) is 5.56 Å². The van der Waals surface area contributed by atoms with Gasteiger partial charge in [0.05, 0.1) is 44.7 Å². The van der Waals surface area contributed by atoms with Gasteiger partial charge in [-0.15, -0.1) is 11.3 Å². The zero-order valence-electron chi connectivity index (χ0n) is 19.2. The van der Waals surface area contributed by atoms with Gasteiger partial charge in [0.1, 0.15) is 0 Å². The van der Waals surface area contributed by atoms with E-state index in [2.05, 4.69) is 11.0 Å². The molecule has 0 N–H and O–H groups in total. The molecule has 36 heavy (non-hydrogen) atoms. The van der Waals surface area contributed by atoms with Crippen LogP contribution in [-0.2, 0) is 4.74 Å². The number of nitrogens with zero attached hydrogens (tertiary/aromatic N) is 3. The highest BCUT2D eigenvalue weighted by molar-refractivity contribution is 7.20. The van der Waals surface area contributed by atoms with Crippen LogP contribution in [0.2, 0.25) is 10.0 Å². The number of para-hydroxylation sites is 2. The van der Waals surface area contributed by atoms with Crippen LogP contribution in [-0.4, -0.2) is 35.9 Å². The molecule has 0 radical (unpaired) electrons. The van der Waals surface area contributed by atoms with Crippen LogP contribution in [0.3, 0.4) is 0 Å². The molecule has 180 valence electrons. The van der Waals surface area contributed by atoms with Crippen molar-refractivity contribution in [2.45, 2.75) is 0 Å². The molecule has 1 aliphatic heterocycles. The second kappa shape index (κ2) is 9.71. The van der Waals surface area contributed by atoms with Crippen molar-refractivity contribution in [2.24, 2.45) is 0 Å². The summed E-state index contributed by atoms with van der Waals surface area (Å²) in [5.74, 6) is 0.562. The van der Waals surface area contributed by atoms with Crippen LogP contribution in [0.25, 0.3) is 38.4 Å². The fourth-order valence-corrected chi connectivity index (χ4v) is 6.04. The largest absolute Gasteiger partial charge is 0.378 e. The first kappa shape index (κ1) is 23.3. The smallest absolute Gasteiger partial charge is 0.266 e. The number of hydrogen-bond donors (Lipinski definition) is 0. The predicted octanol–water partition coefficient (Wildman–Crippen LogP) is 6.92. The standard InChI is InChI=1S/C28H21Cl2N3O2S/c29-19-11-9-18(10-12-19)21-17-25(36-28(21)32-13-15-35-16-14-32)26-31-23-7-3-1-5-20(23)27(34)33(26)24-8-4-2-6-22(24)30/h1-12,17H,13-16H2. The van der Waals surface area contributed by atoms with E-state index in [1.165, 1.54) is 0 Å². The highest BCUT2D eigenvalue weighted by Gasteiger charge is 2.24. The van der Waals surface area contributed by atoms with Crippen molar-refractivity contribution in [1.82, 2.24) is 9.55 Å². The van der Waals surface area contributed by atoms with E-state index in [-0.39, 0.29) is 5.56 Å². The molecule has 0 spiro atoms. The Hall–Kier alpha value is -3.16. The van der Waals surface area contributed by atoms with E-state index in [0.717, 1.165) is 34.1 Å². The molecule has 6 rings (SSSR count). The Balaban J connectivity index is 1.63. The summed E-state index contributed by atoms with van der Waals surface area (Å²) in [4.78, 5) is 22.0. The molecular weight excluding hydrogens is 513 g/mol. The van der Waals surface area contributed by atoms with Crippen LogP contribution in [0.5, 0.6) is 0 Å². The maximum absolute atomic E-state index is 13.8. The SMILES string of the molecule is O=c1c2ccccc2nc(-c2cc(-c3ccc(Cl)cc3)c(N3CCOCC3)s2)n1-c1ccccc1Cl. The molecule has 1 fully saturated rings. The number of halogens is 2. The molecule has 0 atom stereocenters. The predicted molar refractivity (Wildman–Crippen MR) is 149 cm³/mol. The number of anilines is 1. The number of aromatic nitrogens is 2. The van der Waals surface area contributed by atoms with Crippen molar-refractivity contribution in [1.29, 1.82) is 0 Å². The number of thiophene rings is 1. The van der Waals surface area contributed by atoms with Crippen LogP contribution < -0.4 is 10.5 Å². The molecule has 3 aromatic carbocycles. The summed E-state index contributed by atoms with van der Waals surface area (Å²) < 4.78 is 7.23. The molecule has 0 saturated carbocycles. The summed E-state index contributed by atoms with van der Waals surface area (Å²) in [6, 6.07) is 24.7. The van der Waals surface area contributed by atoms with Crippen molar-refractivity contribution in [3.8, 4) is 27.5 Å². The van der Waals surface area contributed by atoms with E-state index >= 15 is 0 Å². The fourth-order valence-electron chi connectivity index (χ4n) is 4.48. The first-order valence-electron chi connectivity index (χ1n) is 11.6. The number of benzene rings is 3. The lowest BCUT2D eigenvalue weighted by atomic mass is 10.1. The molecule has 2 aromatic heterocycles. The Morgan fingerprint density at radius 1 is 0.889 bits per heavy atom. The minimum Gasteiger partial charge on any atom is -0.378 e. The molecule has 1 saturated heterocycles. The van der Waals surface area contributed by atoms with Gasteiger partial charge in [0, 0.05) is 23.7 Å². The molecule has 0 amide bonds. The van der Waals surface area contributed by atoms with Crippen molar-refractivity contribution in [2.75, 3.05) is 31.2 Å². The molecule has 8 heteroatoms. The summed E-state index contributed by atoms with van der Waals surface area (Å²) in [7, 11) is 0. The Bertz CT molecular complexity index is 1620. The average Bonchev–Trinajstić information content (AvgIpc) is 3.36. The van der Waals surface area contributed by atoms with Gasteiger partial charge in [-0.25, -0.2) is 4.98 Å². The van der Waals surface area contributed by atoms with Crippen molar-refractivity contribution >= 4 is 50.4 Å². The second-order valence-corrected chi connectivity index (χ2v) is 10.4. The number of morpholine rings is 1. The first-order chi connectivity index (χ1) is 17.6. The summed E-state index contributed by atoms with van der Waals surface area (Å²) in [5.41, 5.74) is 3.22. The minimum atomic E-state index is -0.155. The summed E-state index contributed by atoms with van der Waals surface area (Å²) in [6.45, 7) is 2.93. The van der Waals surface area contributed by atoms with Gasteiger partial charge in [0.15, 0.2) is 5.82 Å². The van der Waals surface area contributed by atoms with Gasteiger partial charge in [-0.05, 0) is 48.0 Å². The van der Waals surface area contributed by atoms with Gasteiger partial charge in [-0.3, -0.25) is 9.36 Å². The highest BCUT2D eigenvalue weighted by Crippen LogP contribution is 2.44. The van der Waals surface area contributed by atoms with Crippen molar-refractivity contribution in [3.63, 3.8) is 0 Å². The fraction of sp³-hybridized carbons (Fsp3) is 0.143. The third kappa shape index (κ3) is 4.20. The van der Waals surface area contributed by atoms with E-state index in [9.17, 15) is 4.79 Å². The quantitative estimate of drug-likeness (QED) is 0.251. The number of hydrogen-bond acceptors (Lipinski definition) is 5. The minimum absolute atomic E-state index is 0.155. The van der Waals surface area contributed by atoms with Crippen molar-refractivity contribution in [3.05, 3.63) is 99.3 Å². The lowest BCUT2D eigenvalue weighted by molar-refractivity contribution is 0.123. The molecule has 3 heterocycles. The van der Waals surface area contributed by atoms with Crippen LogP contribution in [0.15, 0.2) is 83.7 Å². The molecular formula is C28H21Cl2N3O2S. The Morgan fingerprint density at radius 3 is 2.39 bits per heavy atom. The van der Waals surface area contributed by atoms with E-state index in [0.29, 0.717) is 45.7 Å². The van der Waals surface area contributed by atoms with E-state index in [4.69, 9.17) is 32.9 Å².